The molecule has 1 aliphatic rings. The molecule has 1 heterocycles. The van der Waals surface area contributed by atoms with Crippen molar-refractivity contribution in [3.8, 4) is 0 Å². The molecule has 25 heavy (non-hydrogen) atoms. The number of amides is 1. The highest BCUT2D eigenvalue weighted by Gasteiger charge is 2.15. The molecule has 1 amide bonds. The monoisotopic (exact) mass is 340 g/mol. The Labute approximate surface area is 148 Å². The van der Waals surface area contributed by atoms with Gasteiger partial charge in [0.05, 0.1) is 0 Å². The summed E-state index contributed by atoms with van der Waals surface area (Å²) in [6, 6.07) is 15.2. The van der Waals surface area contributed by atoms with Crippen LogP contribution in [0.4, 0.5) is 4.39 Å². The highest BCUT2D eigenvalue weighted by atomic mass is 19.1. The summed E-state index contributed by atoms with van der Waals surface area (Å²) in [7, 11) is 0. The Morgan fingerprint density at radius 2 is 1.84 bits per heavy atom. The molecule has 1 aliphatic heterocycles. The average molecular weight is 340 g/mol. The lowest BCUT2D eigenvalue weighted by molar-refractivity contribution is -0.121. The van der Waals surface area contributed by atoms with Crippen molar-refractivity contribution in [1.29, 1.82) is 0 Å². The average Bonchev–Trinajstić information content (AvgIpc) is 2.64. The van der Waals surface area contributed by atoms with Crippen LogP contribution in [-0.4, -0.2) is 30.4 Å². The predicted octanol–water partition coefficient (Wildman–Crippen LogP) is 3.32. The van der Waals surface area contributed by atoms with Crippen LogP contribution in [-0.2, 0) is 24.2 Å². The Kier molecular flexibility index (Phi) is 6.18. The molecule has 3 nitrogen and oxygen atoms in total. The van der Waals surface area contributed by atoms with Crippen molar-refractivity contribution < 1.29 is 9.18 Å². The second-order valence-electron chi connectivity index (χ2n) is 6.59. The minimum Gasteiger partial charge on any atom is -0.356 e. The van der Waals surface area contributed by atoms with Crippen molar-refractivity contribution in [2.75, 3.05) is 19.6 Å². The van der Waals surface area contributed by atoms with Crippen LogP contribution < -0.4 is 5.32 Å². The number of fused-ring (bicyclic) bond motifs is 1. The largest absolute Gasteiger partial charge is 0.356 e. The summed E-state index contributed by atoms with van der Waals surface area (Å²) in [6.45, 7) is 3.74. The third-order valence-electron chi connectivity index (χ3n) is 4.76. The van der Waals surface area contributed by atoms with Crippen LogP contribution in [0.15, 0.2) is 48.5 Å². The van der Waals surface area contributed by atoms with Gasteiger partial charge in [0.15, 0.2) is 0 Å². The van der Waals surface area contributed by atoms with Crippen LogP contribution in [0.2, 0.25) is 0 Å². The van der Waals surface area contributed by atoms with Crippen molar-refractivity contribution in [3.05, 3.63) is 71.0 Å². The van der Waals surface area contributed by atoms with E-state index >= 15 is 0 Å². The zero-order valence-electron chi connectivity index (χ0n) is 14.5. The summed E-state index contributed by atoms with van der Waals surface area (Å²) in [5.41, 5.74) is 3.48. The van der Waals surface area contributed by atoms with E-state index < -0.39 is 0 Å². The molecule has 0 atom stereocenters. The van der Waals surface area contributed by atoms with Crippen molar-refractivity contribution in [2.24, 2.45) is 0 Å². The normalized spacial score (nSPS) is 14.1. The van der Waals surface area contributed by atoms with Gasteiger partial charge in [-0.3, -0.25) is 9.69 Å². The third kappa shape index (κ3) is 5.13. The lowest BCUT2D eigenvalue weighted by Crippen LogP contribution is -2.33. The number of carbonyl (C=O) groups excluding carboxylic acids is 1. The number of carbonyl (C=O) groups is 1. The molecule has 0 fully saturated rings. The molecule has 132 valence electrons. The SMILES string of the molecule is O=C(CCc1ccccc1F)NCCCN1CCc2ccccc2C1. The van der Waals surface area contributed by atoms with Crippen molar-refractivity contribution in [2.45, 2.75) is 32.2 Å². The molecule has 2 aromatic rings. The van der Waals surface area contributed by atoms with Gasteiger partial charge in [-0.25, -0.2) is 4.39 Å². The van der Waals surface area contributed by atoms with E-state index in [1.165, 1.54) is 17.2 Å². The summed E-state index contributed by atoms with van der Waals surface area (Å²) < 4.78 is 13.5. The van der Waals surface area contributed by atoms with Crippen LogP contribution in [0.5, 0.6) is 0 Å². The summed E-state index contributed by atoms with van der Waals surface area (Å²) >= 11 is 0. The Morgan fingerprint density at radius 3 is 2.68 bits per heavy atom. The summed E-state index contributed by atoms with van der Waals surface area (Å²) in [5.74, 6) is -0.243. The minimum absolute atomic E-state index is 0.00718. The number of nitrogens with zero attached hydrogens (tertiary/aromatic N) is 1. The Hall–Kier alpha value is -2.20. The molecule has 0 spiro atoms. The number of hydrogen-bond acceptors (Lipinski definition) is 2. The van der Waals surface area contributed by atoms with Gasteiger partial charge in [0, 0.05) is 32.6 Å². The highest BCUT2D eigenvalue weighted by molar-refractivity contribution is 5.76. The van der Waals surface area contributed by atoms with Gasteiger partial charge in [-0.15, -0.1) is 0 Å². The van der Waals surface area contributed by atoms with E-state index in [1.807, 2.05) is 0 Å². The topological polar surface area (TPSA) is 32.3 Å². The number of aryl methyl sites for hydroxylation is 1. The molecular weight excluding hydrogens is 315 g/mol. The molecule has 0 bridgehead atoms. The summed E-state index contributed by atoms with van der Waals surface area (Å²) in [6.07, 6.45) is 2.82. The number of hydrogen-bond donors (Lipinski definition) is 1. The van der Waals surface area contributed by atoms with Gasteiger partial charge in [-0.1, -0.05) is 42.5 Å². The molecule has 1 N–H and O–H groups in total. The Balaban J connectivity index is 1.32. The summed E-state index contributed by atoms with van der Waals surface area (Å²) in [4.78, 5) is 14.3. The van der Waals surface area contributed by atoms with Crippen LogP contribution >= 0.6 is 0 Å². The molecule has 0 aromatic heterocycles. The second-order valence-corrected chi connectivity index (χ2v) is 6.59. The van der Waals surface area contributed by atoms with Crippen molar-refractivity contribution in [1.82, 2.24) is 10.2 Å². The van der Waals surface area contributed by atoms with E-state index in [0.717, 1.165) is 32.5 Å². The van der Waals surface area contributed by atoms with Crippen molar-refractivity contribution in [3.63, 3.8) is 0 Å². The van der Waals surface area contributed by atoms with Crippen LogP contribution in [0, 0.1) is 5.82 Å². The highest BCUT2D eigenvalue weighted by Crippen LogP contribution is 2.18. The number of rotatable bonds is 7. The number of nitrogens with one attached hydrogen (secondary N) is 1. The second kappa shape index (κ2) is 8.77. The van der Waals surface area contributed by atoms with Crippen molar-refractivity contribution >= 4 is 5.91 Å². The first-order valence-electron chi connectivity index (χ1n) is 9.01. The van der Waals surface area contributed by atoms with Gasteiger partial charge in [-0.05, 0) is 42.0 Å². The lowest BCUT2D eigenvalue weighted by atomic mass is 10.00. The van der Waals surface area contributed by atoms with E-state index in [0.29, 0.717) is 24.9 Å². The Bertz CT molecular complexity index is 717. The fraction of sp³-hybridized carbons (Fsp3) is 0.381. The third-order valence-corrected chi connectivity index (χ3v) is 4.76. The smallest absolute Gasteiger partial charge is 0.220 e. The predicted molar refractivity (Wildman–Crippen MR) is 97.8 cm³/mol. The van der Waals surface area contributed by atoms with E-state index in [2.05, 4.69) is 34.5 Å². The minimum atomic E-state index is -0.235. The first-order valence-corrected chi connectivity index (χ1v) is 9.01. The maximum Gasteiger partial charge on any atom is 0.220 e. The number of halogens is 1. The first kappa shape index (κ1) is 17.6. The lowest BCUT2D eigenvalue weighted by Gasteiger charge is -2.28. The van der Waals surface area contributed by atoms with E-state index in [4.69, 9.17) is 0 Å². The van der Waals surface area contributed by atoms with Crippen LogP contribution in [0.25, 0.3) is 0 Å². The van der Waals surface area contributed by atoms with Crippen LogP contribution in [0.1, 0.15) is 29.5 Å². The van der Waals surface area contributed by atoms with E-state index in [9.17, 15) is 9.18 Å². The fourth-order valence-electron chi connectivity index (χ4n) is 3.31. The molecule has 0 radical (unpaired) electrons. The molecule has 3 rings (SSSR count). The standard InChI is InChI=1S/C21H25FN2O/c22-20-9-4-3-7-18(20)10-11-21(25)23-13-5-14-24-15-12-17-6-1-2-8-19(17)16-24/h1-4,6-9H,5,10-16H2,(H,23,25). The maximum absolute atomic E-state index is 13.5. The van der Waals surface area contributed by atoms with Gasteiger partial charge in [-0.2, -0.15) is 0 Å². The maximum atomic E-state index is 13.5. The zero-order chi connectivity index (χ0) is 17.5. The van der Waals surface area contributed by atoms with E-state index in [1.54, 1.807) is 18.2 Å². The zero-order valence-corrected chi connectivity index (χ0v) is 14.5. The first-order chi connectivity index (χ1) is 12.2. The molecular formula is C21H25FN2O. The Morgan fingerprint density at radius 1 is 1.08 bits per heavy atom. The summed E-state index contributed by atoms with van der Waals surface area (Å²) in [5, 5.41) is 2.94. The van der Waals surface area contributed by atoms with Crippen LogP contribution in [0.3, 0.4) is 0 Å². The molecule has 0 saturated heterocycles. The molecule has 0 saturated carbocycles. The number of benzene rings is 2. The quantitative estimate of drug-likeness (QED) is 0.784. The van der Waals surface area contributed by atoms with Gasteiger partial charge in [0.25, 0.3) is 0 Å². The van der Waals surface area contributed by atoms with E-state index in [-0.39, 0.29) is 11.7 Å². The molecule has 0 unspecified atom stereocenters. The molecule has 0 aliphatic carbocycles. The molecule has 4 heteroatoms. The van der Waals surface area contributed by atoms with Gasteiger partial charge in [0.2, 0.25) is 5.91 Å². The van der Waals surface area contributed by atoms with Gasteiger partial charge in [0.1, 0.15) is 5.82 Å². The van der Waals surface area contributed by atoms with Gasteiger partial charge >= 0.3 is 0 Å². The van der Waals surface area contributed by atoms with Gasteiger partial charge < -0.3 is 5.32 Å². The molecule has 2 aromatic carbocycles. The fourth-order valence-corrected chi connectivity index (χ4v) is 3.31.